The number of nitrogens with zero attached hydrogens (tertiary/aromatic N) is 1. The molecule has 1 aromatic carbocycles. The highest BCUT2D eigenvalue weighted by molar-refractivity contribution is 5.97. The Morgan fingerprint density at radius 2 is 1.62 bits per heavy atom. The fourth-order valence-electron chi connectivity index (χ4n) is 3.29. The normalized spacial score (nSPS) is 17.9. The zero-order chi connectivity index (χ0) is 23.5. The van der Waals surface area contributed by atoms with Crippen molar-refractivity contribution < 1.29 is 37.1 Å². The molecule has 1 saturated carbocycles. The molecular weight excluding hydrogens is 431 g/mol. The third-order valence-corrected chi connectivity index (χ3v) is 5.39. The third-order valence-electron chi connectivity index (χ3n) is 5.39. The van der Waals surface area contributed by atoms with E-state index in [0.29, 0.717) is 12.8 Å². The summed E-state index contributed by atoms with van der Waals surface area (Å²) in [4.78, 5) is 49.9. The SMILES string of the molecule is CC(OC(=O)C1CCN(C(=O)c2ccc(C(F)(F)F)cc2)CC1)C(=O)NC(=O)NC1CC1. The van der Waals surface area contributed by atoms with Gasteiger partial charge in [0.15, 0.2) is 6.10 Å². The van der Waals surface area contributed by atoms with Crippen LogP contribution in [-0.2, 0) is 20.5 Å². The molecule has 1 saturated heterocycles. The number of piperidine rings is 1. The van der Waals surface area contributed by atoms with Crippen LogP contribution < -0.4 is 10.6 Å². The highest BCUT2D eigenvalue weighted by atomic mass is 19.4. The second-order valence-corrected chi connectivity index (χ2v) is 7.96. The van der Waals surface area contributed by atoms with Crippen molar-refractivity contribution in [2.24, 2.45) is 5.92 Å². The van der Waals surface area contributed by atoms with E-state index >= 15 is 0 Å². The molecule has 1 atom stereocenters. The van der Waals surface area contributed by atoms with Crippen molar-refractivity contribution in [1.29, 1.82) is 0 Å². The Morgan fingerprint density at radius 3 is 2.16 bits per heavy atom. The van der Waals surface area contributed by atoms with Crippen LogP contribution in [0, 0.1) is 5.92 Å². The van der Waals surface area contributed by atoms with Crippen molar-refractivity contribution in [3.8, 4) is 0 Å². The number of hydrogen-bond donors (Lipinski definition) is 2. The molecule has 1 heterocycles. The second kappa shape index (κ2) is 9.58. The lowest BCUT2D eigenvalue weighted by Gasteiger charge is -2.31. The van der Waals surface area contributed by atoms with E-state index in [0.717, 1.165) is 37.1 Å². The minimum atomic E-state index is -4.48. The number of carbonyl (C=O) groups is 4. The van der Waals surface area contributed by atoms with Crippen LogP contribution in [0.15, 0.2) is 24.3 Å². The molecule has 1 aliphatic heterocycles. The van der Waals surface area contributed by atoms with Gasteiger partial charge in [0.25, 0.3) is 11.8 Å². The van der Waals surface area contributed by atoms with Crippen molar-refractivity contribution in [2.45, 2.75) is 50.9 Å². The Kier molecular flexibility index (Phi) is 7.05. The fourth-order valence-corrected chi connectivity index (χ4v) is 3.29. The van der Waals surface area contributed by atoms with E-state index in [1.807, 2.05) is 0 Å². The van der Waals surface area contributed by atoms with Crippen LogP contribution in [0.4, 0.5) is 18.0 Å². The molecule has 2 aliphatic rings. The maximum absolute atomic E-state index is 12.7. The van der Waals surface area contributed by atoms with Gasteiger partial charge in [-0.1, -0.05) is 0 Å². The second-order valence-electron chi connectivity index (χ2n) is 7.96. The van der Waals surface area contributed by atoms with Gasteiger partial charge in [0.05, 0.1) is 11.5 Å². The minimum absolute atomic E-state index is 0.0797. The average molecular weight is 455 g/mol. The summed E-state index contributed by atoms with van der Waals surface area (Å²) in [6, 6.07) is 3.42. The predicted octanol–water partition coefficient (Wildman–Crippen LogP) is 2.48. The number of amides is 4. The molecule has 4 amide bonds. The van der Waals surface area contributed by atoms with Crippen molar-refractivity contribution >= 4 is 23.8 Å². The Labute approximate surface area is 182 Å². The molecule has 0 radical (unpaired) electrons. The molecule has 174 valence electrons. The standard InChI is InChI=1S/C21H24F3N3O5/c1-12(17(28)26-20(31)25-16-6-7-16)32-19(30)14-8-10-27(11-9-14)18(29)13-2-4-15(5-3-13)21(22,23)24/h2-5,12,14,16H,6-11H2,1H3,(H2,25,26,28,31). The summed E-state index contributed by atoms with van der Waals surface area (Å²) in [5.74, 6) is -2.27. The zero-order valence-corrected chi connectivity index (χ0v) is 17.4. The third kappa shape index (κ3) is 6.21. The van der Waals surface area contributed by atoms with Gasteiger partial charge in [0.1, 0.15) is 0 Å². The van der Waals surface area contributed by atoms with Gasteiger partial charge in [-0.3, -0.25) is 19.7 Å². The molecule has 0 spiro atoms. The van der Waals surface area contributed by atoms with Gasteiger partial charge in [-0.05, 0) is 56.9 Å². The van der Waals surface area contributed by atoms with E-state index in [2.05, 4.69) is 10.6 Å². The van der Waals surface area contributed by atoms with Crippen LogP contribution in [0.2, 0.25) is 0 Å². The number of esters is 1. The molecule has 8 nitrogen and oxygen atoms in total. The number of hydrogen-bond acceptors (Lipinski definition) is 5. The molecule has 1 aromatic rings. The van der Waals surface area contributed by atoms with Crippen molar-refractivity contribution in [3.05, 3.63) is 35.4 Å². The molecule has 2 N–H and O–H groups in total. The van der Waals surface area contributed by atoms with Crippen LogP contribution in [0.1, 0.15) is 48.5 Å². The van der Waals surface area contributed by atoms with E-state index in [1.54, 1.807) is 0 Å². The monoisotopic (exact) mass is 455 g/mol. The fraction of sp³-hybridized carbons (Fsp3) is 0.524. The molecule has 2 fully saturated rings. The molecule has 11 heteroatoms. The quantitative estimate of drug-likeness (QED) is 0.664. The average Bonchev–Trinajstić information content (AvgIpc) is 3.56. The molecule has 1 aliphatic carbocycles. The molecule has 0 bridgehead atoms. The number of imide groups is 1. The summed E-state index contributed by atoms with van der Waals surface area (Å²) in [5, 5.41) is 4.71. The minimum Gasteiger partial charge on any atom is -0.452 e. The van der Waals surface area contributed by atoms with E-state index in [4.69, 9.17) is 4.74 Å². The highest BCUT2D eigenvalue weighted by Crippen LogP contribution is 2.29. The van der Waals surface area contributed by atoms with Crippen LogP contribution >= 0.6 is 0 Å². The smallest absolute Gasteiger partial charge is 0.416 e. The first-order chi connectivity index (χ1) is 15.0. The van der Waals surface area contributed by atoms with Gasteiger partial charge in [-0.2, -0.15) is 13.2 Å². The van der Waals surface area contributed by atoms with E-state index in [-0.39, 0.29) is 24.7 Å². The Morgan fingerprint density at radius 1 is 1.03 bits per heavy atom. The maximum atomic E-state index is 12.7. The van der Waals surface area contributed by atoms with Crippen LogP contribution in [0.5, 0.6) is 0 Å². The van der Waals surface area contributed by atoms with Crippen molar-refractivity contribution in [3.63, 3.8) is 0 Å². The predicted molar refractivity (Wildman–Crippen MR) is 105 cm³/mol. The summed E-state index contributed by atoms with van der Waals surface area (Å²) in [7, 11) is 0. The van der Waals surface area contributed by atoms with E-state index < -0.39 is 47.6 Å². The van der Waals surface area contributed by atoms with E-state index in [9.17, 15) is 32.3 Å². The van der Waals surface area contributed by atoms with Crippen LogP contribution in [-0.4, -0.2) is 54.0 Å². The summed E-state index contributed by atoms with van der Waals surface area (Å²) in [6.45, 7) is 1.81. The Bertz CT molecular complexity index is 876. The molecular formula is C21H24F3N3O5. The molecule has 3 rings (SSSR count). The van der Waals surface area contributed by atoms with Gasteiger partial charge in [0.2, 0.25) is 0 Å². The van der Waals surface area contributed by atoms with Gasteiger partial charge in [0, 0.05) is 24.7 Å². The summed E-state index contributed by atoms with van der Waals surface area (Å²) in [5.41, 5.74) is -0.701. The number of benzene rings is 1. The van der Waals surface area contributed by atoms with Crippen molar-refractivity contribution in [1.82, 2.24) is 15.5 Å². The Hall–Kier alpha value is -3.11. The summed E-state index contributed by atoms with van der Waals surface area (Å²) >= 11 is 0. The first-order valence-electron chi connectivity index (χ1n) is 10.3. The lowest BCUT2D eigenvalue weighted by atomic mass is 9.96. The van der Waals surface area contributed by atoms with Crippen LogP contribution in [0.3, 0.4) is 0 Å². The first-order valence-corrected chi connectivity index (χ1v) is 10.3. The zero-order valence-electron chi connectivity index (χ0n) is 17.4. The first kappa shape index (κ1) is 23.6. The molecule has 1 unspecified atom stereocenters. The van der Waals surface area contributed by atoms with Gasteiger partial charge in [-0.25, -0.2) is 4.79 Å². The molecule has 0 aromatic heterocycles. The van der Waals surface area contributed by atoms with E-state index in [1.165, 1.54) is 11.8 Å². The number of ether oxygens (including phenoxy) is 1. The highest BCUT2D eigenvalue weighted by Gasteiger charge is 2.33. The van der Waals surface area contributed by atoms with Crippen LogP contribution in [0.25, 0.3) is 0 Å². The number of halogens is 3. The number of urea groups is 1. The number of nitrogens with one attached hydrogen (secondary N) is 2. The maximum Gasteiger partial charge on any atom is 0.416 e. The van der Waals surface area contributed by atoms with Gasteiger partial charge < -0.3 is 15.0 Å². The van der Waals surface area contributed by atoms with Gasteiger partial charge >= 0.3 is 18.2 Å². The number of rotatable bonds is 5. The van der Waals surface area contributed by atoms with Crippen molar-refractivity contribution in [2.75, 3.05) is 13.1 Å². The topological polar surface area (TPSA) is 105 Å². The number of likely N-dealkylation sites (tertiary alicyclic amines) is 1. The summed E-state index contributed by atoms with van der Waals surface area (Å²) < 4.78 is 43.2. The summed E-state index contributed by atoms with van der Waals surface area (Å²) in [6.07, 6.45) is -3.31. The number of carbonyl (C=O) groups excluding carboxylic acids is 4. The lowest BCUT2D eigenvalue weighted by molar-refractivity contribution is -0.159. The lowest BCUT2D eigenvalue weighted by Crippen LogP contribution is -2.46. The number of alkyl halides is 3. The largest absolute Gasteiger partial charge is 0.452 e. The Balaban J connectivity index is 1.45. The van der Waals surface area contributed by atoms with Gasteiger partial charge in [-0.15, -0.1) is 0 Å². The molecule has 32 heavy (non-hydrogen) atoms.